The van der Waals surface area contributed by atoms with Crippen LogP contribution in [0.1, 0.15) is 17.5 Å². The highest BCUT2D eigenvalue weighted by molar-refractivity contribution is 7.89. The van der Waals surface area contributed by atoms with Gasteiger partial charge in [0.2, 0.25) is 5.91 Å². The average Bonchev–Trinajstić information content (AvgIpc) is 3.32. The minimum atomic E-state index is -3.66. The second-order valence-electron chi connectivity index (χ2n) is 7.46. The molecule has 0 saturated heterocycles. The molecule has 0 unspecified atom stereocenters. The number of benzene rings is 3. The highest BCUT2D eigenvalue weighted by Crippen LogP contribution is 2.24. The van der Waals surface area contributed by atoms with Gasteiger partial charge in [-0.05, 0) is 35.8 Å². The molecular formula is C26H23N3O3S2. The summed E-state index contributed by atoms with van der Waals surface area (Å²) < 4.78 is 27.4. The van der Waals surface area contributed by atoms with Gasteiger partial charge in [-0.25, -0.2) is 13.4 Å². The van der Waals surface area contributed by atoms with Gasteiger partial charge in [-0.15, -0.1) is 11.3 Å². The standard InChI is InChI=1S/C26H23N3O3S2/c30-25(29-26-28-24(19-33-26)22-9-5-2-6-10-22)16-13-21-11-14-23(15-12-21)34(31,32)27-18-17-20-7-3-1-4-8-20/h1-12,14-15,17-19,27H,13,16H2,(H,28,29,30). The molecule has 0 radical (unpaired) electrons. The summed E-state index contributed by atoms with van der Waals surface area (Å²) in [4.78, 5) is 17.0. The minimum Gasteiger partial charge on any atom is -0.302 e. The molecule has 2 N–H and O–H groups in total. The molecule has 1 heterocycles. The van der Waals surface area contributed by atoms with E-state index in [0.29, 0.717) is 11.6 Å². The van der Waals surface area contributed by atoms with Crippen LogP contribution in [0.4, 0.5) is 5.13 Å². The van der Waals surface area contributed by atoms with Gasteiger partial charge in [0.1, 0.15) is 0 Å². The Morgan fingerprint density at radius 3 is 2.29 bits per heavy atom. The van der Waals surface area contributed by atoms with E-state index in [-0.39, 0.29) is 17.2 Å². The van der Waals surface area contributed by atoms with Crippen LogP contribution in [0.2, 0.25) is 0 Å². The number of hydrogen-bond donors (Lipinski definition) is 2. The Morgan fingerprint density at radius 1 is 0.912 bits per heavy atom. The van der Waals surface area contributed by atoms with E-state index in [0.717, 1.165) is 22.4 Å². The summed E-state index contributed by atoms with van der Waals surface area (Å²) in [7, 11) is -3.66. The molecule has 0 atom stereocenters. The molecule has 0 saturated carbocycles. The predicted molar refractivity (Wildman–Crippen MR) is 137 cm³/mol. The maximum Gasteiger partial charge on any atom is 0.261 e. The van der Waals surface area contributed by atoms with Gasteiger partial charge in [-0.1, -0.05) is 72.8 Å². The van der Waals surface area contributed by atoms with Crippen molar-refractivity contribution in [1.82, 2.24) is 9.71 Å². The molecule has 3 aromatic carbocycles. The normalized spacial score (nSPS) is 11.4. The lowest BCUT2D eigenvalue weighted by molar-refractivity contribution is -0.116. The third-order valence-electron chi connectivity index (χ3n) is 4.99. The highest BCUT2D eigenvalue weighted by Gasteiger charge is 2.12. The van der Waals surface area contributed by atoms with Crippen LogP contribution in [0.25, 0.3) is 17.3 Å². The topological polar surface area (TPSA) is 88.2 Å². The van der Waals surface area contributed by atoms with Crippen molar-refractivity contribution in [2.24, 2.45) is 0 Å². The van der Waals surface area contributed by atoms with Crippen molar-refractivity contribution in [3.05, 3.63) is 108 Å². The summed E-state index contributed by atoms with van der Waals surface area (Å²) in [5, 5.41) is 5.29. The van der Waals surface area contributed by atoms with Gasteiger partial charge in [-0.3, -0.25) is 9.52 Å². The second kappa shape index (κ2) is 10.9. The molecule has 0 spiro atoms. The fourth-order valence-electron chi connectivity index (χ4n) is 3.20. The molecular weight excluding hydrogens is 466 g/mol. The number of nitrogens with one attached hydrogen (secondary N) is 2. The Bertz CT molecular complexity index is 1370. The molecule has 0 aliphatic heterocycles. The first-order valence-corrected chi connectivity index (χ1v) is 13.0. The van der Waals surface area contributed by atoms with E-state index in [1.165, 1.54) is 17.5 Å². The van der Waals surface area contributed by atoms with E-state index >= 15 is 0 Å². The van der Waals surface area contributed by atoms with Gasteiger partial charge >= 0.3 is 0 Å². The Labute approximate surface area is 203 Å². The van der Waals surface area contributed by atoms with Crippen molar-refractivity contribution in [1.29, 1.82) is 0 Å². The summed E-state index contributed by atoms with van der Waals surface area (Å²) >= 11 is 1.38. The highest BCUT2D eigenvalue weighted by atomic mass is 32.2. The molecule has 0 aliphatic rings. The molecule has 6 nitrogen and oxygen atoms in total. The zero-order valence-corrected chi connectivity index (χ0v) is 19.9. The molecule has 1 amide bonds. The Hall–Kier alpha value is -3.75. The zero-order valence-electron chi connectivity index (χ0n) is 18.2. The summed E-state index contributed by atoms with van der Waals surface area (Å²) in [5.41, 5.74) is 3.59. The first-order valence-electron chi connectivity index (χ1n) is 10.6. The third-order valence-corrected chi connectivity index (χ3v) is 7.09. The number of sulfonamides is 1. The van der Waals surface area contributed by atoms with E-state index in [1.807, 2.05) is 66.0 Å². The Morgan fingerprint density at radius 2 is 1.59 bits per heavy atom. The van der Waals surface area contributed by atoms with Gasteiger partial charge < -0.3 is 5.32 Å². The number of anilines is 1. The number of rotatable bonds is 9. The smallest absolute Gasteiger partial charge is 0.261 e. The van der Waals surface area contributed by atoms with Crippen LogP contribution in [0.3, 0.4) is 0 Å². The maximum atomic E-state index is 12.5. The number of amides is 1. The van der Waals surface area contributed by atoms with Crippen LogP contribution in [-0.4, -0.2) is 19.3 Å². The summed E-state index contributed by atoms with van der Waals surface area (Å²) in [6.07, 6.45) is 3.86. The first-order chi connectivity index (χ1) is 16.5. The predicted octanol–water partition coefficient (Wildman–Crippen LogP) is 5.33. The van der Waals surface area contributed by atoms with E-state index in [4.69, 9.17) is 0 Å². The van der Waals surface area contributed by atoms with Crippen molar-refractivity contribution in [3.63, 3.8) is 0 Å². The third kappa shape index (κ3) is 6.40. The van der Waals surface area contributed by atoms with Crippen LogP contribution in [0.5, 0.6) is 0 Å². The van der Waals surface area contributed by atoms with Gasteiger partial charge in [0.25, 0.3) is 10.0 Å². The summed E-state index contributed by atoms with van der Waals surface area (Å²) in [6.45, 7) is 0. The van der Waals surface area contributed by atoms with Gasteiger partial charge in [0.05, 0.1) is 10.6 Å². The van der Waals surface area contributed by atoms with Crippen LogP contribution >= 0.6 is 11.3 Å². The maximum absolute atomic E-state index is 12.5. The van der Waals surface area contributed by atoms with E-state index in [1.54, 1.807) is 30.3 Å². The molecule has 4 aromatic rings. The largest absolute Gasteiger partial charge is 0.302 e. The number of aryl methyl sites for hydroxylation is 1. The van der Waals surface area contributed by atoms with Crippen molar-refractivity contribution in [2.45, 2.75) is 17.7 Å². The molecule has 0 fully saturated rings. The number of aromatic nitrogens is 1. The second-order valence-corrected chi connectivity index (χ2v) is 10.0. The van der Waals surface area contributed by atoms with Gasteiger partial charge in [-0.2, -0.15) is 0 Å². The number of carbonyl (C=O) groups is 1. The number of hydrogen-bond acceptors (Lipinski definition) is 5. The number of nitrogens with zero attached hydrogens (tertiary/aromatic N) is 1. The lowest BCUT2D eigenvalue weighted by Crippen LogP contribution is -2.17. The van der Waals surface area contributed by atoms with Crippen molar-refractivity contribution < 1.29 is 13.2 Å². The summed E-state index contributed by atoms with van der Waals surface area (Å²) in [5.74, 6) is -0.140. The number of thiazole rings is 1. The minimum absolute atomic E-state index is 0.140. The van der Waals surface area contributed by atoms with Gasteiger partial charge in [0.15, 0.2) is 5.13 Å². The van der Waals surface area contributed by atoms with Gasteiger partial charge in [0, 0.05) is 23.6 Å². The van der Waals surface area contributed by atoms with Crippen LogP contribution < -0.4 is 10.0 Å². The Balaban J connectivity index is 1.28. The quantitative estimate of drug-likeness (QED) is 0.333. The molecule has 34 heavy (non-hydrogen) atoms. The van der Waals surface area contributed by atoms with Crippen molar-refractivity contribution in [3.8, 4) is 11.3 Å². The van der Waals surface area contributed by atoms with E-state index in [9.17, 15) is 13.2 Å². The number of carbonyl (C=O) groups excluding carboxylic acids is 1. The SMILES string of the molecule is O=C(CCc1ccc(S(=O)(=O)NC=Cc2ccccc2)cc1)Nc1nc(-c2ccccc2)cs1. The van der Waals surface area contributed by atoms with Crippen LogP contribution in [0, 0.1) is 0 Å². The van der Waals surface area contributed by atoms with E-state index < -0.39 is 10.0 Å². The van der Waals surface area contributed by atoms with E-state index in [2.05, 4.69) is 15.0 Å². The molecule has 8 heteroatoms. The molecule has 0 bridgehead atoms. The van der Waals surface area contributed by atoms with Crippen molar-refractivity contribution >= 4 is 38.5 Å². The first kappa shape index (κ1) is 23.4. The zero-order chi connectivity index (χ0) is 23.8. The fourth-order valence-corrected chi connectivity index (χ4v) is 4.81. The molecule has 0 aliphatic carbocycles. The average molecular weight is 490 g/mol. The lowest BCUT2D eigenvalue weighted by Gasteiger charge is -2.06. The van der Waals surface area contributed by atoms with Crippen molar-refractivity contribution in [2.75, 3.05) is 5.32 Å². The Kier molecular flexibility index (Phi) is 7.51. The summed E-state index contributed by atoms with van der Waals surface area (Å²) in [6, 6.07) is 25.7. The fraction of sp³-hybridized carbons (Fsp3) is 0.0769. The monoisotopic (exact) mass is 489 g/mol. The molecule has 172 valence electrons. The lowest BCUT2D eigenvalue weighted by atomic mass is 10.1. The molecule has 1 aromatic heterocycles. The van der Waals surface area contributed by atoms with Crippen LogP contribution in [-0.2, 0) is 21.2 Å². The van der Waals surface area contributed by atoms with Crippen LogP contribution in [0.15, 0.2) is 101 Å². The molecule has 4 rings (SSSR count).